The zero-order chi connectivity index (χ0) is 15.6. The molecule has 1 aromatic rings. The number of rotatable bonds is 4. The summed E-state index contributed by atoms with van der Waals surface area (Å²) in [5, 5.41) is 0. The molecular weight excluding hydrogens is 280 g/mol. The Morgan fingerprint density at radius 2 is 2.00 bits per heavy atom. The van der Waals surface area contributed by atoms with Gasteiger partial charge in [0.05, 0.1) is 12.7 Å². The highest BCUT2D eigenvalue weighted by atomic mass is 19.3. The van der Waals surface area contributed by atoms with Gasteiger partial charge in [0.25, 0.3) is 5.91 Å². The van der Waals surface area contributed by atoms with Crippen molar-refractivity contribution in [1.29, 1.82) is 0 Å². The molecule has 6 heteroatoms. The first-order valence-electron chi connectivity index (χ1n) is 6.71. The summed E-state index contributed by atoms with van der Waals surface area (Å²) in [6, 6.07) is 6.24. The third kappa shape index (κ3) is 3.20. The van der Waals surface area contributed by atoms with E-state index in [0.717, 1.165) is 5.56 Å². The van der Waals surface area contributed by atoms with Crippen molar-refractivity contribution in [3.05, 3.63) is 35.4 Å². The number of hydrogen-bond acceptors (Lipinski definition) is 3. The number of halogens is 2. The van der Waals surface area contributed by atoms with Gasteiger partial charge in [0.2, 0.25) is 0 Å². The van der Waals surface area contributed by atoms with E-state index in [1.807, 2.05) is 0 Å². The first-order chi connectivity index (χ1) is 9.85. The number of hydrogen-bond donors (Lipinski definition) is 0. The fraction of sp³-hybridized carbons (Fsp3) is 0.467. The van der Waals surface area contributed by atoms with E-state index < -0.39 is 30.3 Å². The van der Waals surface area contributed by atoms with Crippen molar-refractivity contribution in [3.63, 3.8) is 0 Å². The van der Waals surface area contributed by atoms with Crippen LogP contribution in [0, 0.1) is 0 Å². The molecule has 1 aromatic carbocycles. The Labute approximate surface area is 121 Å². The quantitative estimate of drug-likeness (QED) is 0.801. The molecule has 1 aliphatic rings. The summed E-state index contributed by atoms with van der Waals surface area (Å²) in [4.78, 5) is 24.1. The van der Waals surface area contributed by atoms with Gasteiger partial charge in [0, 0.05) is 19.0 Å². The molecule has 4 nitrogen and oxygen atoms in total. The largest absolute Gasteiger partial charge is 0.465 e. The first kappa shape index (κ1) is 15.4. The van der Waals surface area contributed by atoms with Crippen molar-refractivity contribution in [1.82, 2.24) is 4.90 Å². The fourth-order valence-electron chi connectivity index (χ4n) is 2.48. The average molecular weight is 297 g/mol. The van der Waals surface area contributed by atoms with E-state index in [2.05, 4.69) is 4.74 Å². The normalized spacial score (nSPS) is 20.7. The van der Waals surface area contributed by atoms with Crippen LogP contribution in [0.15, 0.2) is 24.3 Å². The van der Waals surface area contributed by atoms with E-state index >= 15 is 0 Å². The number of methoxy groups -OCH3 is 1. The molecule has 1 unspecified atom stereocenters. The third-order valence-electron chi connectivity index (χ3n) is 3.67. The number of carbonyl (C=O) groups is 2. The minimum Gasteiger partial charge on any atom is -0.465 e. The van der Waals surface area contributed by atoms with Crippen molar-refractivity contribution < 1.29 is 23.1 Å². The van der Waals surface area contributed by atoms with Crippen molar-refractivity contribution in [2.45, 2.75) is 31.7 Å². The van der Waals surface area contributed by atoms with E-state index in [1.165, 1.54) is 12.0 Å². The Balaban J connectivity index is 1.97. The van der Waals surface area contributed by atoms with Gasteiger partial charge in [-0.25, -0.2) is 4.79 Å². The standard InChI is InChI=1S/C15H17F2NO3/c1-10-9-15(16,17)14(20)18(10)8-7-11-3-5-12(6-4-11)13(19)21-2/h3-6,10H,7-9H2,1-2H3. The highest BCUT2D eigenvalue weighted by Gasteiger charge is 2.51. The minimum atomic E-state index is -3.24. The molecule has 0 radical (unpaired) electrons. The van der Waals surface area contributed by atoms with Gasteiger partial charge in [-0.05, 0) is 31.0 Å². The molecule has 0 spiro atoms. The summed E-state index contributed by atoms with van der Waals surface area (Å²) in [5.41, 5.74) is 1.30. The number of alkyl halides is 2. The smallest absolute Gasteiger partial charge is 0.337 e. The van der Waals surface area contributed by atoms with Crippen LogP contribution in [0.3, 0.4) is 0 Å². The number of likely N-dealkylation sites (tertiary alicyclic amines) is 1. The van der Waals surface area contributed by atoms with Crippen LogP contribution in [0.4, 0.5) is 8.78 Å². The highest BCUT2D eigenvalue weighted by Crippen LogP contribution is 2.33. The number of ether oxygens (including phenoxy) is 1. The molecule has 0 aromatic heterocycles. The van der Waals surface area contributed by atoms with Crippen molar-refractivity contribution >= 4 is 11.9 Å². The third-order valence-corrected chi connectivity index (χ3v) is 3.67. The maximum atomic E-state index is 13.3. The molecule has 1 fully saturated rings. The van der Waals surface area contributed by atoms with Crippen LogP contribution in [-0.2, 0) is 16.0 Å². The number of carbonyl (C=O) groups excluding carboxylic acids is 2. The van der Waals surface area contributed by atoms with Gasteiger partial charge in [-0.3, -0.25) is 4.79 Å². The van der Waals surface area contributed by atoms with Gasteiger partial charge in [-0.15, -0.1) is 0 Å². The molecule has 0 N–H and O–H groups in total. The molecule has 1 amide bonds. The molecule has 1 atom stereocenters. The SMILES string of the molecule is COC(=O)c1ccc(CCN2C(=O)C(F)(F)CC2C)cc1. The Morgan fingerprint density at radius 3 is 2.48 bits per heavy atom. The number of esters is 1. The van der Waals surface area contributed by atoms with Crippen molar-refractivity contribution in [2.24, 2.45) is 0 Å². The molecule has 21 heavy (non-hydrogen) atoms. The average Bonchev–Trinajstić information content (AvgIpc) is 2.65. The van der Waals surface area contributed by atoms with Crippen molar-refractivity contribution in [2.75, 3.05) is 13.7 Å². The lowest BCUT2D eigenvalue weighted by molar-refractivity contribution is -0.148. The number of benzene rings is 1. The molecule has 0 aliphatic carbocycles. The monoisotopic (exact) mass is 297 g/mol. The summed E-state index contributed by atoms with van der Waals surface area (Å²) in [5.74, 6) is -4.76. The Morgan fingerprint density at radius 1 is 1.38 bits per heavy atom. The van der Waals surface area contributed by atoms with Crippen LogP contribution < -0.4 is 0 Å². The maximum Gasteiger partial charge on any atom is 0.337 e. The second kappa shape index (κ2) is 5.79. The number of amides is 1. The summed E-state index contributed by atoms with van der Waals surface area (Å²) in [6.07, 6.45) is 0.0424. The van der Waals surface area contributed by atoms with Crippen LogP contribution in [0.5, 0.6) is 0 Å². The van der Waals surface area contributed by atoms with Crippen LogP contribution in [0.1, 0.15) is 29.3 Å². The Bertz CT molecular complexity index is 542. The Hall–Kier alpha value is -1.98. The van der Waals surface area contributed by atoms with Crippen LogP contribution >= 0.6 is 0 Å². The second-order valence-electron chi connectivity index (χ2n) is 5.19. The van der Waals surface area contributed by atoms with Gasteiger partial charge in [0.1, 0.15) is 0 Å². The van der Waals surface area contributed by atoms with Gasteiger partial charge in [0.15, 0.2) is 0 Å². The van der Waals surface area contributed by atoms with Crippen LogP contribution in [0.25, 0.3) is 0 Å². The van der Waals surface area contributed by atoms with Crippen LogP contribution in [0.2, 0.25) is 0 Å². The molecule has 1 saturated heterocycles. The van der Waals surface area contributed by atoms with Crippen LogP contribution in [-0.4, -0.2) is 42.4 Å². The Kier molecular flexibility index (Phi) is 4.25. The van der Waals surface area contributed by atoms with Gasteiger partial charge in [-0.1, -0.05) is 12.1 Å². The van der Waals surface area contributed by atoms with E-state index in [9.17, 15) is 18.4 Å². The topological polar surface area (TPSA) is 46.6 Å². The summed E-state index contributed by atoms with van der Waals surface area (Å²) in [6.45, 7) is 1.87. The molecule has 114 valence electrons. The molecule has 0 saturated carbocycles. The molecule has 0 bridgehead atoms. The second-order valence-corrected chi connectivity index (χ2v) is 5.19. The summed E-state index contributed by atoms with van der Waals surface area (Å²) in [7, 11) is 1.30. The lowest BCUT2D eigenvalue weighted by atomic mass is 10.1. The maximum absolute atomic E-state index is 13.3. The summed E-state index contributed by atoms with van der Waals surface area (Å²) >= 11 is 0. The summed E-state index contributed by atoms with van der Waals surface area (Å²) < 4.78 is 31.2. The first-order valence-corrected chi connectivity index (χ1v) is 6.71. The predicted molar refractivity (Wildman–Crippen MR) is 72.2 cm³/mol. The predicted octanol–water partition coefficient (Wildman–Crippen LogP) is 2.27. The van der Waals surface area contributed by atoms with Gasteiger partial charge >= 0.3 is 11.9 Å². The fourth-order valence-corrected chi connectivity index (χ4v) is 2.48. The van der Waals surface area contributed by atoms with Crippen molar-refractivity contribution in [3.8, 4) is 0 Å². The molecule has 1 heterocycles. The van der Waals surface area contributed by atoms with E-state index in [4.69, 9.17) is 0 Å². The van der Waals surface area contributed by atoms with E-state index in [0.29, 0.717) is 12.0 Å². The molecule has 1 aliphatic heterocycles. The van der Waals surface area contributed by atoms with Gasteiger partial charge in [-0.2, -0.15) is 8.78 Å². The highest BCUT2D eigenvalue weighted by molar-refractivity contribution is 5.89. The zero-order valence-corrected chi connectivity index (χ0v) is 11.9. The minimum absolute atomic E-state index is 0.243. The number of nitrogens with zero attached hydrogens (tertiary/aromatic N) is 1. The zero-order valence-electron chi connectivity index (χ0n) is 11.9. The van der Waals surface area contributed by atoms with E-state index in [1.54, 1.807) is 31.2 Å². The lowest BCUT2D eigenvalue weighted by Crippen LogP contribution is -2.37. The molecular formula is C15H17F2NO3. The van der Waals surface area contributed by atoms with Gasteiger partial charge < -0.3 is 9.64 Å². The molecule has 2 rings (SSSR count). The lowest BCUT2D eigenvalue weighted by Gasteiger charge is -2.20. The van der Waals surface area contributed by atoms with E-state index in [-0.39, 0.29) is 6.54 Å².